The molecule has 13 nitrogen and oxygen atoms in total. The monoisotopic (exact) mass is 637 g/mol. The first-order valence-corrected chi connectivity index (χ1v) is 15.3. The van der Waals surface area contributed by atoms with Gasteiger partial charge in [-0.25, -0.2) is 4.68 Å². The normalized spacial score (nSPS) is 14.3. The van der Waals surface area contributed by atoms with E-state index in [9.17, 15) is 15.0 Å². The first-order valence-electron chi connectivity index (χ1n) is 15.3. The summed E-state index contributed by atoms with van der Waals surface area (Å²) in [4.78, 5) is 21.8. The standard InChI is InChI=1S/C34H35N7O6/c1-39-17-28(24-6-9-35-15-27(24)34(39)44)20-12-30(45-2)29(31(13-20)46-3)18-40-10-7-23(8-11-40)47-19-21-16-41(38-37-21)22-4-5-25-26(14-22)33(43)36-32(25)42/h4-6,9,12-17,23,36,42-43H,7-8,10-11,18-19H2,1-3H3. The number of nitrogens with one attached hydrogen (secondary N) is 1. The van der Waals surface area contributed by atoms with Crippen molar-refractivity contribution in [3.63, 3.8) is 0 Å². The Balaban J connectivity index is 1.00. The summed E-state index contributed by atoms with van der Waals surface area (Å²) < 4.78 is 21.2. The van der Waals surface area contributed by atoms with Gasteiger partial charge in [-0.15, -0.1) is 5.10 Å². The van der Waals surface area contributed by atoms with E-state index < -0.39 is 0 Å². The summed E-state index contributed by atoms with van der Waals surface area (Å²) >= 11 is 0. The number of ether oxygens (including phenoxy) is 3. The van der Waals surface area contributed by atoms with Gasteiger partial charge in [0.2, 0.25) is 0 Å². The van der Waals surface area contributed by atoms with Crippen LogP contribution in [0.1, 0.15) is 24.1 Å². The van der Waals surface area contributed by atoms with Gasteiger partial charge in [-0.2, -0.15) is 0 Å². The van der Waals surface area contributed by atoms with E-state index in [0.29, 0.717) is 40.7 Å². The van der Waals surface area contributed by atoms with E-state index in [1.807, 2.05) is 24.4 Å². The van der Waals surface area contributed by atoms with Crippen LogP contribution in [-0.4, -0.2) is 78.1 Å². The van der Waals surface area contributed by atoms with Gasteiger partial charge in [0.1, 0.15) is 17.2 Å². The maximum atomic E-state index is 12.7. The summed E-state index contributed by atoms with van der Waals surface area (Å²) in [5, 5.41) is 30.8. The highest BCUT2D eigenvalue weighted by atomic mass is 16.5. The maximum absolute atomic E-state index is 12.7. The minimum Gasteiger partial charge on any atom is -0.496 e. The molecular formula is C34H35N7O6. The van der Waals surface area contributed by atoms with Crippen molar-refractivity contribution in [2.75, 3.05) is 27.3 Å². The number of hydrogen-bond acceptors (Lipinski definition) is 10. The molecule has 5 heterocycles. The molecule has 2 aromatic carbocycles. The van der Waals surface area contributed by atoms with Gasteiger partial charge in [0.05, 0.1) is 49.8 Å². The summed E-state index contributed by atoms with van der Waals surface area (Å²) in [6.45, 7) is 2.68. The molecule has 1 aliphatic heterocycles. The second-order valence-electron chi connectivity index (χ2n) is 11.7. The Morgan fingerprint density at radius 2 is 1.68 bits per heavy atom. The second-order valence-corrected chi connectivity index (χ2v) is 11.7. The third-order valence-corrected chi connectivity index (χ3v) is 8.84. The average molecular weight is 638 g/mol. The van der Waals surface area contributed by atoms with E-state index in [0.717, 1.165) is 59.5 Å². The van der Waals surface area contributed by atoms with Crippen LogP contribution >= 0.6 is 0 Å². The number of benzene rings is 2. The zero-order chi connectivity index (χ0) is 32.7. The molecule has 1 aliphatic rings. The molecule has 13 heteroatoms. The van der Waals surface area contributed by atoms with Crippen LogP contribution in [-0.2, 0) is 24.9 Å². The van der Waals surface area contributed by atoms with Crippen LogP contribution in [0.25, 0.3) is 38.4 Å². The topological polar surface area (TPSA) is 153 Å². The van der Waals surface area contributed by atoms with Crippen molar-refractivity contribution in [3.05, 3.63) is 82.8 Å². The van der Waals surface area contributed by atoms with Gasteiger partial charge in [-0.1, -0.05) is 5.21 Å². The van der Waals surface area contributed by atoms with Crippen LogP contribution in [0.5, 0.6) is 23.3 Å². The van der Waals surface area contributed by atoms with Gasteiger partial charge < -0.3 is 29.0 Å². The molecule has 4 aromatic heterocycles. The summed E-state index contributed by atoms with van der Waals surface area (Å²) in [5.74, 6) is 1.26. The molecule has 7 rings (SSSR count). The molecule has 0 atom stereocenters. The number of likely N-dealkylation sites (tertiary alicyclic amines) is 1. The lowest BCUT2D eigenvalue weighted by Gasteiger charge is -2.32. The predicted molar refractivity (Wildman–Crippen MR) is 175 cm³/mol. The van der Waals surface area contributed by atoms with Crippen molar-refractivity contribution in [2.45, 2.75) is 32.1 Å². The van der Waals surface area contributed by atoms with Gasteiger partial charge in [0, 0.05) is 61.6 Å². The van der Waals surface area contributed by atoms with Gasteiger partial charge in [0.25, 0.3) is 5.56 Å². The molecule has 47 heavy (non-hydrogen) atoms. The number of aryl methyl sites for hydroxylation is 1. The molecule has 3 N–H and O–H groups in total. The number of piperidine rings is 1. The Labute approximate surface area is 269 Å². The number of nitrogens with zero attached hydrogens (tertiary/aromatic N) is 6. The maximum Gasteiger partial charge on any atom is 0.259 e. The van der Waals surface area contributed by atoms with Crippen molar-refractivity contribution < 1.29 is 24.4 Å². The van der Waals surface area contributed by atoms with Crippen LogP contribution in [0, 0.1) is 0 Å². The minimum absolute atomic E-state index is 0.0797. The van der Waals surface area contributed by atoms with E-state index in [-0.39, 0.29) is 23.4 Å². The second kappa shape index (κ2) is 12.4. The number of aromatic nitrogens is 6. The van der Waals surface area contributed by atoms with Crippen molar-refractivity contribution in [3.8, 4) is 40.1 Å². The summed E-state index contributed by atoms with van der Waals surface area (Å²) in [6, 6.07) is 11.1. The molecule has 0 bridgehead atoms. The Morgan fingerprint density at radius 3 is 2.43 bits per heavy atom. The summed E-state index contributed by atoms with van der Waals surface area (Å²) in [5.41, 5.74) is 4.06. The van der Waals surface area contributed by atoms with E-state index >= 15 is 0 Å². The molecule has 1 fully saturated rings. The van der Waals surface area contributed by atoms with E-state index in [4.69, 9.17) is 14.2 Å². The number of pyridine rings is 2. The van der Waals surface area contributed by atoms with Crippen molar-refractivity contribution in [1.82, 2.24) is 34.4 Å². The summed E-state index contributed by atoms with van der Waals surface area (Å²) in [6.07, 6.45) is 8.75. The zero-order valence-electron chi connectivity index (χ0n) is 26.3. The number of methoxy groups -OCH3 is 2. The molecule has 242 valence electrons. The fourth-order valence-electron chi connectivity index (χ4n) is 6.31. The zero-order valence-corrected chi connectivity index (χ0v) is 26.3. The number of fused-ring (bicyclic) bond motifs is 2. The number of aromatic hydroxyl groups is 2. The highest BCUT2D eigenvalue weighted by molar-refractivity contribution is 5.96. The summed E-state index contributed by atoms with van der Waals surface area (Å²) in [7, 11) is 5.06. The van der Waals surface area contributed by atoms with E-state index in [1.165, 1.54) is 0 Å². The van der Waals surface area contributed by atoms with Gasteiger partial charge in [-0.05, 0) is 60.2 Å². The molecular weight excluding hydrogens is 602 g/mol. The highest BCUT2D eigenvalue weighted by Crippen LogP contribution is 2.38. The fourth-order valence-corrected chi connectivity index (χ4v) is 6.31. The van der Waals surface area contributed by atoms with Crippen LogP contribution in [0.3, 0.4) is 0 Å². The Hall–Kier alpha value is -5.40. The van der Waals surface area contributed by atoms with Crippen LogP contribution in [0.2, 0.25) is 0 Å². The van der Waals surface area contributed by atoms with Crippen molar-refractivity contribution >= 4 is 21.5 Å². The van der Waals surface area contributed by atoms with E-state index in [1.54, 1.807) is 67.3 Å². The van der Waals surface area contributed by atoms with Crippen LogP contribution < -0.4 is 15.0 Å². The van der Waals surface area contributed by atoms with Crippen LogP contribution in [0.15, 0.2) is 66.0 Å². The molecule has 6 aromatic rings. The lowest BCUT2D eigenvalue weighted by atomic mass is 9.98. The first-order chi connectivity index (χ1) is 22.8. The average Bonchev–Trinajstić information content (AvgIpc) is 3.69. The Bertz CT molecular complexity index is 2120. The lowest BCUT2D eigenvalue weighted by molar-refractivity contribution is -0.00544. The molecule has 0 aliphatic carbocycles. The van der Waals surface area contributed by atoms with Crippen LogP contribution in [0.4, 0.5) is 0 Å². The molecule has 0 radical (unpaired) electrons. The number of aromatic amines is 1. The first kappa shape index (κ1) is 30.3. The molecule has 0 saturated carbocycles. The lowest BCUT2D eigenvalue weighted by Crippen LogP contribution is -2.36. The SMILES string of the molecule is COc1cc(-c2cn(C)c(=O)c3cnccc23)cc(OC)c1CN1CCC(OCc2cn(-c3ccc4c(O)[nH]c(O)c4c3)nn2)CC1. The number of H-pyrrole nitrogens is 1. The number of hydrogen-bond donors (Lipinski definition) is 3. The van der Waals surface area contributed by atoms with Crippen molar-refractivity contribution in [1.29, 1.82) is 0 Å². The molecule has 1 saturated heterocycles. The quantitative estimate of drug-likeness (QED) is 0.210. The fraction of sp³-hybridized carbons (Fsp3) is 0.294. The molecule has 0 unspecified atom stereocenters. The Kier molecular flexibility index (Phi) is 8.00. The predicted octanol–water partition coefficient (Wildman–Crippen LogP) is 4.27. The van der Waals surface area contributed by atoms with Gasteiger partial charge >= 0.3 is 0 Å². The number of rotatable bonds is 9. The third kappa shape index (κ3) is 5.75. The molecule has 0 amide bonds. The third-order valence-electron chi connectivity index (χ3n) is 8.84. The van der Waals surface area contributed by atoms with E-state index in [2.05, 4.69) is 25.2 Å². The Morgan fingerprint density at radius 1 is 0.936 bits per heavy atom. The molecule has 0 spiro atoms. The minimum atomic E-state index is -0.101. The van der Waals surface area contributed by atoms with Gasteiger partial charge in [-0.3, -0.25) is 19.7 Å². The largest absolute Gasteiger partial charge is 0.496 e. The van der Waals surface area contributed by atoms with Gasteiger partial charge in [0.15, 0.2) is 11.8 Å². The smallest absolute Gasteiger partial charge is 0.259 e. The van der Waals surface area contributed by atoms with Crippen molar-refractivity contribution in [2.24, 2.45) is 7.05 Å². The highest BCUT2D eigenvalue weighted by Gasteiger charge is 2.24.